The molecule has 0 radical (unpaired) electrons. The Kier molecular flexibility index (Phi) is 8.14. The summed E-state index contributed by atoms with van der Waals surface area (Å²) >= 11 is 0. The van der Waals surface area contributed by atoms with Crippen molar-refractivity contribution in [1.29, 1.82) is 0 Å². The van der Waals surface area contributed by atoms with Crippen LogP contribution in [-0.4, -0.2) is 48.5 Å². The molecule has 0 heterocycles. The highest BCUT2D eigenvalue weighted by atomic mass is 16.5. The van der Waals surface area contributed by atoms with Gasteiger partial charge >= 0.3 is 0 Å². The molecule has 1 unspecified atom stereocenters. The predicted molar refractivity (Wildman–Crippen MR) is 59.5 cm³/mol. The van der Waals surface area contributed by atoms with Crippen molar-refractivity contribution in [2.24, 2.45) is 0 Å². The van der Waals surface area contributed by atoms with E-state index in [0.29, 0.717) is 6.61 Å². The molecule has 0 aromatic carbocycles. The van der Waals surface area contributed by atoms with Gasteiger partial charge in [-0.25, -0.2) is 0 Å². The van der Waals surface area contributed by atoms with Gasteiger partial charge in [0, 0.05) is 6.54 Å². The summed E-state index contributed by atoms with van der Waals surface area (Å²) in [4.78, 5) is 2.30. The molecule has 3 heteroatoms. The molecular formula is C11H25NO2. The molecule has 0 spiro atoms. The SMILES string of the molecule is CCN(CC)CCC(O)COC(C)C. The molecule has 0 fully saturated rings. The Bertz CT molecular complexity index is 124. The first-order valence-corrected chi connectivity index (χ1v) is 5.62. The molecule has 0 aromatic rings. The van der Waals surface area contributed by atoms with E-state index in [-0.39, 0.29) is 12.2 Å². The van der Waals surface area contributed by atoms with Crippen molar-refractivity contribution >= 4 is 0 Å². The summed E-state index contributed by atoms with van der Waals surface area (Å²) in [5, 5.41) is 9.59. The molecule has 0 aromatic heterocycles. The van der Waals surface area contributed by atoms with Crippen LogP contribution in [0.5, 0.6) is 0 Å². The molecule has 0 bridgehead atoms. The van der Waals surface area contributed by atoms with Gasteiger partial charge in [-0.3, -0.25) is 0 Å². The molecule has 0 amide bonds. The van der Waals surface area contributed by atoms with Crippen molar-refractivity contribution in [1.82, 2.24) is 4.90 Å². The highest BCUT2D eigenvalue weighted by molar-refractivity contribution is 4.60. The largest absolute Gasteiger partial charge is 0.391 e. The van der Waals surface area contributed by atoms with E-state index in [1.165, 1.54) is 0 Å². The lowest BCUT2D eigenvalue weighted by Crippen LogP contribution is -2.29. The standard InChI is InChI=1S/C11H25NO2/c1-5-12(6-2)8-7-11(13)9-14-10(3)4/h10-11,13H,5-9H2,1-4H3. The molecule has 0 aliphatic heterocycles. The minimum absolute atomic E-state index is 0.207. The van der Waals surface area contributed by atoms with Crippen LogP contribution in [0.2, 0.25) is 0 Å². The first-order valence-electron chi connectivity index (χ1n) is 5.62. The number of hydrogen-bond donors (Lipinski definition) is 1. The van der Waals surface area contributed by atoms with Gasteiger partial charge in [-0.2, -0.15) is 0 Å². The maximum atomic E-state index is 9.59. The maximum Gasteiger partial charge on any atom is 0.0786 e. The van der Waals surface area contributed by atoms with Crippen molar-refractivity contribution in [2.45, 2.75) is 46.3 Å². The second-order valence-corrected chi connectivity index (χ2v) is 3.85. The summed E-state index contributed by atoms with van der Waals surface area (Å²) in [6, 6.07) is 0. The lowest BCUT2D eigenvalue weighted by molar-refractivity contribution is -0.000581. The van der Waals surface area contributed by atoms with Crippen LogP contribution in [0.15, 0.2) is 0 Å². The predicted octanol–water partition coefficient (Wildman–Crippen LogP) is 1.50. The van der Waals surface area contributed by atoms with E-state index in [4.69, 9.17) is 4.74 Å². The van der Waals surface area contributed by atoms with Crippen molar-refractivity contribution in [3.05, 3.63) is 0 Å². The van der Waals surface area contributed by atoms with Gasteiger partial charge in [-0.05, 0) is 33.4 Å². The van der Waals surface area contributed by atoms with Gasteiger partial charge < -0.3 is 14.7 Å². The zero-order valence-corrected chi connectivity index (χ0v) is 9.99. The first-order chi connectivity index (χ1) is 6.60. The van der Waals surface area contributed by atoms with Gasteiger partial charge in [-0.15, -0.1) is 0 Å². The van der Waals surface area contributed by atoms with Gasteiger partial charge in [-0.1, -0.05) is 13.8 Å². The Morgan fingerprint density at radius 2 is 1.79 bits per heavy atom. The molecule has 1 N–H and O–H groups in total. The molecule has 0 aliphatic rings. The molecule has 86 valence electrons. The van der Waals surface area contributed by atoms with Crippen LogP contribution >= 0.6 is 0 Å². The summed E-state index contributed by atoms with van der Waals surface area (Å²) in [7, 11) is 0. The summed E-state index contributed by atoms with van der Waals surface area (Å²) in [5.41, 5.74) is 0. The third-order valence-corrected chi connectivity index (χ3v) is 2.29. The quantitative estimate of drug-likeness (QED) is 0.649. The average Bonchev–Trinajstić information content (AvgIpc) is 2.16. The van der Waals surface area contributed by atoms with E-state index in [2.05, 4.69) is 18.7 Å². The van der Waals surface area contributed by atoms with Gasteiger partial charge in [0.15, 0.2) is 0 Å². The zero-order valence-electron chi connectivity index (χ0n) is 9.99. The molecule has 14 heavy (non-hydrogen) atoms. The van der Waals surface area contributed by atoms with Crippen LogP contribution in [0, 0.1) is 0 Å². The van der Waals surface area contributed by atoms with Crippen LogP contribution in [-0.2, 0) is 4.74 Å². The lowest BCUT2D eigenvalue weighted by atomic mass is 10.2. The summed E-state index contributed by atoms with van der Waals surface area (Å²) in [6.07, 6.45) is 0.685. The minimum Gasteiger partial charge on any atom is -0.391 e. The summed E-state index contributed by atoms with van der Waals surface area (Å²) in [6.45, 7) is 11.8. The topological polar surface area (TPSA) is 32.7 Å². The third kappa shape index (κ3) is 7.30. The number of hydrogen-bond acceptors (Lipinski definition) is 3. The number of rotatable bonds is 8. The van der Waals surface area contributed by atoms with Crippen LogP contribution in [0.25, 0.3) is 0 Å². The highest BCUT2D eigenvalue weighted by Crippen LogP contribution is 1.99. The monoisotopic (exact) mass is 203 g/mol. The van der Waals surface area contributed by atoms with Gasteiger partial charge in [0.25, 0.3) is 0 Å². The number of nitrogens with zero attached hydrogens (tertiary/aromatic N) is 1. The van der Waals surface area contributed by atoms with Crippen LogP contribution in [0.4, 0.5) is 0 Å². The van der Waals surface area contributed by atoms with E-state index in [1.54, 1.807) is 0 Å². The second kappa shape index (κ2) is 8.21. The Balaban J connectivity index is 3.46. The summed E-state index contributed by atoms with van der Waals surface area (Å²) < 4.78 is 5.33. The van der Waals surface area contributed by atoms with E-state index >= 15 is 0 Å². The molecule has 1 atom stereocenters. The van der Waals surface area contributed by atoms with Crippen molar-refractivity contribution in [3.8, 4) is 0 Å². The summed E-state index contributed by atoms with van der Waals surface area (Å²) in [5.74, 6) is 0. The molecular weight excluding hydrogens is 178 g/mol. The normalized spacial score (nSPS) is 13.9. The van der Waals surface area contributed by atoms with E-state index < -0.39 is 0 Å². The van der Waals surface area contributed by atoms with Crippen LogP contribution < -0.4 is 0 Å². The smallest absolute Gasteiger partial charge is 0.0786 e. The number of aliphatic hydroxyl groups excluding tert-OH is 1. The fourth-order valence-electron chi connectivity index (χ4n) is 1.26. The Morgan fingerprint density at radius 3 is 2.21 bits per heavy atom. The van der Waals surface area contributed by atoms with Crippen LogP contribution in [0.1, 0.15) is 34.1 Å². The van der Waals surface area contributed by atoms with E-state index in [1.807, 2.05) is 13.8 Å². The fourth-order valence-corrected chi connectivity index (χ4v) is 1.26. The molecule has 0 aliphatic carbocycles. The van der Waals surface area contributed by atoms with Gasteiger partial charge in [0.05, 0.1) is 18.8 Å². The molecule has 0 rings (SSSR count). The lowest BCUT2D eigenvalue weighted by Gasteiger charge is -2.20. The molecule has 0 saturated carbocycles. The van der Waals surface area contributed by atoms with Gasteiger partial charge in [0.1, 0.15) is 0 Å². The molecule has 0 saturated heterocycles. The average molecular weight is 203 g/mol. The second-order valence-electron chi connectivity index (χ2n) is 3.85. The Labute approximate surface area is 88.1 Å². The third-order valence-electron chi connectivity index (χ3n) is 2.29. The van der Waals surface area contributed by atoms with Crippen molar-refractivity contribution in [3.63, 3.8) is 0 Å². The van der Waals surface area contributed by atoms with E-state index in [9.17, 15) is 5.11 Å². The fraction of sp³-hybridized carbons (Fsp3) is 1.00. The Hall–Kier alpha value is -0.120. The van der Waals surface area contributed by atoms with Crippen LogP contribution in [0.3, 0.4) is 0 Å². The highest BCUT2D eigenvalue weighted by Gasteiger charge is 2.07. The van der Waals surface area contributed by atoms with E-state index in [0.717, 1.165) is 26.1 Å². The first kappa shape index (κ1) is 13.9. The van der Waals surface area contributed by atoms with Crippen molar-refractivity contribution in [2.75, 3.05) is 26.2 Å². The number of aliphatic hydroxyl groups is 1. The zero-order chi connectivity index (χ0) is 11.0. The number of ether oxygens (including phenoxy) is 1. The van der Waals surface area contributed by atoms with Crippen molar-refractivity contribution < 1.29 is 9.84 Å². The van der Waals surface area contributed by atoms with Gasteiger partial charge in [0.2, 0.25) is 0 Å². The maximum absolute atomic E-state index is 9.59. The minimum atomic E-state index is -0.321. The Morgan fingerprint density at radius 1 is 1.21 bits per heavy atom. The molecule has 3 nitrogen and oxygen atoms in total.